The molecular formula is C22H29BrN2O4. The van der Waals surface area contributed by atoms with Gasteiger partial charge in [-0.25, -0.2) is 0 Å². The lowest BCUT2D eigenvalue weighted by atomic mass is 10.1. The van der Waals surface area contributed by atoms with Crippen molar-refractivity contribution in [3.8, 4) is 17.2 Å². The zero-order valence-corrected chi connectivity index (χ0v) is 19.3. The Kier molecular flexibility index (Phi) is 8.79. The second-order valence-electron chi connectivity index (χ2n) is 6.38. The number of hydrogen-bond donors (Lipinski definition) is 0. The first-order valence-electron chi connectivity index (χ1n) is 9.58. The van der Waals surface area contributed by atoms with Crippen molar-refractivity contribution in [1.82, 2.24) is 4.90 Å². The van der Waals surface area contributed by atoms with Gasteiger partial charge in [-0.2, -0.15) is 0 Å². The molecule has 2 rings (SSSR count). The van der Waals surface area contributed by atoms with Gasteiger partial charge in [0.25, 0.3) is 5.91 Å². The van der Waals surface area contributed by atoms with Crippen molar-refractivity contribution in [2.75, 3.05) is 52.4 Å². The first-order valence-corrected chi connectivity index (χ1v) is 10.4. The molecule has 0 heterocycles. The number of hydrogen-bond acceptors (Lipinski definition) is 5. The molecule has 0 fully saturated rings. The van der Waals surface area contributed by atoms with Gasteiger partial charge in [0.15, 0.2) is 11.5 Å². The second-order valence-corrected chi connectivity index (χ2v) is 7.29. The van der Waals surface area contributed by atoms with Gasteiger partial charge in [-0.05, 0) is 43.4 Å². The Balaban J connectivity index is 2.45. The minimum atomic E-state index is -0.130. The van der Waals surface area contributed by atoms with Gasteiger partial charge in [-0.15, -0.1) is 0 Å². The summed E-state index contributed by atoms with van der Waals surface area (Å²) in [4.78, 5) is 17.6. The zero-order chi connectivity index (χ0) is 21.4. The minimum Gasteiger partial charge on any atom is -0.493 e. The number of likely N-dealkylation sites (N-methyl/N-ethyl adjacent to an activating group) is 1. The molecule has 0 bridgehead atoms. The summed E-state index contributed by atoms with van der Waals surface area (Å²) in [6.45, 7) is 7.44. The van der Waals surface area contributed by atoms with Crippen LogP contribution in [0.25, 0.3) is 0 Å². The average Bonchev–Trinajstić information content (AvgIpc) is 2.75. The van der Waals surface area contributed by atoms with E-state index >= 15 is 0 Å². The highest BCUT2D eigenvalue weighted by Gasteiger charge is 2.23. The summed E-state index contributed by atoms with van der Waals surface area (Å²) in [6.07, 6.45) is 0. The number of nitrogens with zero attached hydrogens (tertiary/aromatic N) is 2. The summed E-state index contributed by atoms with van der Waals surface area (Å²) in [5.74, 6) is 1.24. The summed E-state index contributed by atoms with van der Waals surface area (Å²) in [6, 6.07) is 11.1. The van der Waals surface area contributed by atoms with Gasteiger partial charge in [0.05, 0.1) is 21.3 Å². The van der Waals surface area contributed by atoms with Crippen LogP contribution < -0.4 is 19.1 Å². The second kappa shape index (κ2) is 11.1. The molecule has 1 amide bonds. The van der Waals surface area contributed by atoms with E-state index in [9.17, 15) is 4.79 Å². The Morgan fingerprint density at radius 3 is 2.03 bits per heavy atom. The molecule has 158 valence electrons. The Hall–Kier alpha value is -2.25. The normalized spacial score (nSPS) is 10.7. The summed E-state index contributed by atoms with van der Waals surface area (Å²) in [7, 11) is 4.62. The molecule has 29 heavy (non-hydrogen) atoms. The molecule has 0 aromatic heterocycles. The van der Waals surface area contributed by atoms with E-state index in [0.29, 0.717) is 29.4 Å². The van der Waals surface area contributed by atoms with Crippen LogP contribution >= 0.6 is 15.9 Å². The standard InChI is InChI=1S/C22H29BrN2O4/c1-6-24(7-2)11-12-25(18-10-8-9-17(23)15-18)22(26)16-13-19(27-3)21(29-5)20(14-16)28-4/h8-10,13-15H,6-7,11-12H2,1-5H3. The van der Waals surface area contributed by atoms with E-state index in [1.54, 1.807) is 24.1 Å². The molecule has 0 saturated heterocycles. The molecule has 6 nitrogen and oxygen atoms in total. The number of carbonyl (C=O) groups excluding carboxylic acids is 1. The summed E-state index contributed by atoms with van der Waals surface area (Å²) in [5, 5.41) is 0. The average molecular weight is 465 g/mol. The fraction of sp³-hybridized carbons (Fsp3) is 0.409. The smallest absolute Gasteiger partial charge is 0.258 e. The SMILES string of the molecule is CCN(CC)CCN(C(=O)c1cc(OC)c(OC)c(OC)c1)c1cccc(Br)c1. The van der Waals surface area contributed by atoms with Crippen LogP contribution in [0.5, 0.6) is 17.2 Å². The highest BCUT2D eigenvalue weighted by atomic mass is 79.9. The highest BCUT2D eigenvalue weighted by molar-refractivity contribution is 9.10. The van der Waals surface area contributed by atoms with Crippen LogP contribution in [0, 0.1) is 0 Å². The number of benzene rings is 2. The number of rotatable bonds is 10. The van der Waals surface area contributed by atoms with E-state index in [-0.39, 0.29) is 5.91 Å². The summed E-state index contributed by atoms with van der Waals surface area (Å²) >= 11 is 3.50. The lowest BCUT2D eigenvalue weighted by Crippen LogP contribution is -2.39. The number of carbonyl (C=O) groups is 1. The fourth-order valence-corrected chi connectivity index (χ4v) is 3.52. The van der Waals surface area contributed by atoms with Crippen LogP contribution in [0.3, 0.4) is 0 Å². The number of halogens is 1. The molecule has 0 saturated carbocycles. The van der Waals surface area contributed by atoms with Crippen LogP contribution in [0.2, 0.25) is 0 Å². The first-order chi connectivity index (χ1) is 14.0. The predicted octanol–water partition coefficient (Wildman–Crippen LogP) is 4.46. The molecular weight excluding hydrogens is 436 g/mol. The van der Waals surface area contributed by atoms with Crippen molar-refractivity contribution in [1.29, 1.82) is 0 Å². The van der Waals surface area contributed by atoms with Gasteiger partial charge >= 0.3 is 0 Å². The molecule has 0 aliphatic heterocycles. The molecule has 0 aliphatic carbocycles. The topological polar surface area (TPSA) is 51.2 Å². The molecule has 0 atom stereocenters. The van der Waals surface area contributed by atoms with Crippen molar-refractivity contribution in [3.63, 3.8) is 0 Å². The van der Waals surface area contributed by atoms with Gasteiger partial charge in [0, 0.05) is 28.8 Å². The zero-order valence-electron chi connectivity index (χ0n) is 17.7. The molecule has 0 N–H and O–H groups in total. The van der Waals surface area contributed by atoms with Gasteiger partial charge < -0.3 is 24.0 Å². The largest absolute Gasteiger partial charge is 0.493 e. The van der Waals surface area contributed by atoms with Crippen molar-refractivity contribution >= 4 is 27.5 Å². The molecule has 7 heteroatoms. The Bertz CT molecular complexity index is 799. The van der Waals surface area contributed by atoms with E-state index in [1.165, 1.54) is 14.2 Å². The van der Waals surface area contributed by atoms with Crippen LogP contribution in [-0.4, -0.2) is 58.3 Å². The van der Waals surface area contributed by atoms with Crippen LogP contribution in [0.4, 0.5) is 5.69 Å². The minimum absolute atomic E-state index is 0.130. The monoisotopic (exact) mass is 464 g/mol. The van der Waals surface area contributed by atoms with Crippen molar-refractivity contribution in [2.45, 2.75) is 13.8 Å². The van der Waals surface area contributed by atoms with Gasteiger partial charge in [-0.1, -0.05) is 35.8 Å². The Morgan fingerprint density at radius 1 is 0.931 bits per heavy atom. The molecule has 0 radical (unpaired) electrons. The third-order valence-electron chi connectivity index (χ3n) is 4.81. The third kappa shape index (κ3) is 5.64. The molecule has 0 unspecified atom stereocenters. The maximum Gasteiger partial charge on any atom is 0.258 e. The molecule has 2 aromatic rings. The fourth-order valence-electron chi connectivity index (χ4n) is 3.13. The lowest BCUT2D eigenvalue weighted by Gasteiger charge is -2.27. The Morgan fingerprint density at radius 2 is 1.55 bits per heavy atom. The quantitative estimate of drug-likeness (QED) is 0.519. The van der Waals surface area contributed by atoms with E-state index in [0.717, 1.165) is 29.8 Å². The van der Waals surface area contributed by atoms with Crippen molar-refractivity contribution in [2.24, 2.45) is 0 Å². The van der Waals surface area contributed by atoms with E-state index in [1.807, 2.05) is 24.3 Å². The van der Waals surface area contributed by atoms with Crippen molar-refractivity contribution < 1.29 is 19.0 Å². The van der Waals surface area contributed by atoms with Crippen molar-refractivity contribution in [3.05, 3.63) is 46.4 Å². The lowest BCUT2D eigenvalue weighted by molar-refractivity contribution is 0.0983. The Labute approximate surface area is 181 Å². The third-order valence-corrected chi connectivity index (χ3v) is 5.30. The summed E-state index contributed by atoms with van der Waals surface area (Å²) in [5.41, 5.74) is 1.30. The van der Waals surface area contributed by atoms with Gasteiger partial charge in [0.2, 0.25) is 5.75 Å². The van der Waals surface area contributed by atoms with Crippen LogP contribution in [0.15, 0.2) is 40.9 Å². The van der Waals surface area contributed by atoms with Crippen LogP contribution in [0.1, 0.15) is 24.2 Å². The number of amides is 1. The first kappa shape index (κ1) is 23.0. The van der Waals surface area contributed by atoms with Crippen LogP contribution in [-0.2, 0) is 0 Å². The van der Waals surface area contributed by atoms with Gasteiger partial charge in [-0.3, -0.25) is 4.79 Å². The molecule has 2 aromatic carbocycles. The molecule has 0 spiro atoms. The number of anilines is 1. The number of methoxy groups -OCH3 is 3. The summed E-state index contributed by atoms with van der Waals surface area (Å²) < 4.78 is 17.1. The molecule has 0 aliphatic rings. The van der Waals surface area contributed by atoms with E-state index < -0.39 is 0 Å². The highest BCUT2D eigenvalue weighted by Crippen LogP contribution is 2.38. The number of ether oxygens (including phenoxy) is 3. The van der Waals surface area contributed by atoms with E-state index in [4.69, 9.17) is 14.2 Å². The predicted molar refractivity (Wildman–Crippen MR) is 120 cm³/mol. The van der Waals surface area contributed by atoms with Gasteiger partial charge in [0.1, 0.15) is 0 Å². The maximum atomic E-state index is 13.5. The maximum absolute atomic E-state index is 13.5. The van der Waals surface area contributed by atoms with E-state index in [2.05, 4.69) is 34.7 Å².